The first-order chi connectivity index (χ1) is 13.3. The van der Waals surface area contributed by atoms with Crippen molar-refractivity contribution in [2.75, 3.05) is 18.1 Å². The van der Waals surface area contributed by atoms with Crippen LogP contribution in [0.15, 0.2) is 38.9 Å². The van der Waals surface area contributed by atoms with Crippen LogP contribution in [0.1, 0.15) is 12.8 Å². The number of imide groups is 1. The number of carbonyl (C=O) groups is 3. The van der Waals surface area contributed by atoms with Gasteiger partial charge in [0, 0.05) is 29.9 Å². The van der Waals surface area contributed by atoms with E-state index < -0.39 is 11.9 Å². The first kappa shape index (κ1) is 20.0. The van der Waals surface area contributed by atoms with Crippen LogP contribution in [0, 0.1) is 5.92 Å². The molecule has 2 aromatic rings. The van der Waals surface area contributed by atoms with Crippen LogP contribution in [0.4, 0.5) is 10.5 Å². The summed E-state index contributed by atoms with van der Waals surface area (Å²) in [5, 5.41) is 11.3. The van der Waals surface area contributed by atoms with Gasteiger partial charge in [0.2, 0.25) is 17.7 Å². The largest absolute Gasteiger partial charge is 0.416 e. The molecule has 0 saturated heterocycles. The van der Waals surface area contributed by atoms with E-state index in [1.165, 1.54) is 7.05 Å². The quantitative estimate of drug-likeness (QED) is 0.712. The number of rotatable bonds is 6. The van der Waals surface area contributed by atoms with E-state index in [1.807, 2.05) is 0 Å². The summed E-state index contributed by atoms with van der Waals surface area (Å²) in [6, 6.07) is 6.16. The number of nitrogens with one attached hydrogen (secondary N) is 1. The normalized spacial score (nSPS) is 16.9. The Morgan fingerprint density at radius 1 is 1.29 bits per heavy atom. The van der Waals surface area contributed by atoms with Crippen LogP contribution in [0.5, 0.6) is 0 Å². The Bertz CT molecular complexity index is 943. The summed E-state index contributed by atoms with van der Waals surface area (Å²) in [7, 11) is 1.38. The second-order valence-corrected chi connectivity index (χ2v) is 7.36. The third kappa shape index (κ3) is 4.76. The van der Waals surface area contributed by atoms with E-state index in [1.54, 1.807) is 31.2 Å². The molecule has 1 aromatic heterocycles. The number of urea groups is 1. The molecular weight excluding hydrogens is 406 g/mol. The van der Waals surface area contributed by atoms with Crippen molar-refractivity contribution in [2.45, 2.75) is 18.6 Å². The first-order valence-corrected chi connectivity index (χ1v) is 9.57. The maximum atomic E-state index is 12.2. The van der Waals surface area contributed by atoms with Crippen LogP contribution in [-0.4, -0.2) is 51.5 Å². The minimum Gasteiger partial charge on any atom is -0.416 e. The van der Waals surface area contributed by atoms with E-state index in [0.717, 1.165) is 16.7 Å². The van der Waals surface area contributed by atoms with Gasteiger partial charge in [0.25, 0.3) is 5.22 Å². The third-order valence-corrected chi connectivity index (χ3v) is 5.04. The average molecular weight is 422 g/mol. The van der Waals surface area contributed by atoms with Gasteiger partial charge in [0.1, 0.15) is 0 Å². The average Bonchev–Trinajstić information content (AvgIpc) is 3.11. The number of carbonyl (C=O) groups excluding carboxylic acids is 3. The Labute approximate surface area is 169 Å². The highest BCUT2D eigenvalue weighted by atomic mass is 35.5. The summed E-state index contributed by atoms with van der Waals surface area (Å²) in [5.74, 6) is -0.931. The van der Waals surface area contributed by atoms with Gasteiger partial charge in [-0.2, -0.15) is 0 Å². The number of aromatic nitrogens is 2. The molecule has 1 N–H and O–H groups in total. The van der Waals surface area contributed by atoms with E-state index in [-0.39, 0.29) is 35.1 Å². The van der Waals surface area contributed by atoms with Crippen molar-refractivity contribution in [3.8, 4) is 0 Å². The standard InChI is InChI=1S/C17H16ClN5O4S/c1-9-12(15(25)23(2)16(26)19-9)7-14-21-22-17(27-14)28-8-13(24)20-11-5-3-10(18)4-6-11/h3-6,12H,7-8H2,1-2H3,(H,20,24). The SMILES string of the molecule is CC1=NC(=O)N(C)C(=O)C1Cc1nnc(SCC(=O)Nc2ccc(Cl)cc2)o1. The van der Waals surface area contributed by atoms with Crippen LogP contribution in [0.2, 0.25) is 5.02 Å². The van der Waals surface area contributed by atoms with Gasteiger partial charge in [-0.05, 0) is 31.2 Å². The summed E-state index contributed by atoms with van der Waals surface area (Å²) in [4.78, 5) is 40.6. The van der Waals surface area contributed by atoms with Crippen molar-refractivity contribution in [1.29, 1.82) is 0 Å². The second-order valence-electron chi connectivity index (χ2n) is 6.00. The summed E-state index contributed by atoms with van der Waals surface area (Å²) in [6.45, 7) is 1.61. The van der Waals surface area contributed by atoms with Gasteiger partial charge in [0.05, 0.1) is 11.7 Å². The molecule has 0 bridgehead atoms. The highest BCUT2D eigenvalue weighted by Gasteiger charge is 2.34. The van der Waals surface area contributed by atoms with Gasteiger partial charge in [-0.15, -0.1) is 10.2 Å². The highest BCUT2D eigenvalue weighted by molar-refractivity contribution is 7.99. The molecular formula is C17H16ClN5O4S. The molecule has 146 valence electrons. The lowest BCUT2D eigenvalue weighted by Crippen LogP contribution is -2.44. The minimum atomic E-state index is -0.630. The fourth-order valence-electron chi connectivity index (χ4n) is 2.46. The molecule has 1 atom stereocenters. The van der Waals surface area contributed by atoms with Crippen molar-refractivity contribution >= 4 is 52.6 Å². The molecule has 0 fully saturated rings. The maximum absolute atomic E-state index is 12.2. The molecule has 1 aromatic carbocycles. The molecule has 1 aliphatic heterocycles. The molecule has 0 radical (unpaired) electrons. The Morgan fingerprint density at radius 3 is 2.71 bits per heavy atom. The number of thioether (sulfide) groups is 1. The van der Waals surface area contributed by atoms with E-state index >= 15 is 0 Å². The van der Waals surface area contributed by atoms with Gasteiger partial charge in [-0.25, -0.2) is 9.79 Å². The number of amides is 4. The number of hydrogen-bond donors (Lipinski definition) is 1. The third-order valence-electron chi connectivity index (χ3n) is 3.97. The van der Waals surface area contributed by atoms with Crippen molar-refractivity contribution in [1.82, 2.24) is 15.1 Å². The van der Waals surface area contributed by atoms with Crippen LogP contribution in [0.25, 0.3) is 0 Å². The van der Waals surface area contributed by atoms with Gasteiger partial charge >= 0.3 is 6.03 Å². The monoisotopic (exact) mass is 421 g/mol. The van der Waals surface area contributed by atoms with Crippen molar-refractivity contribution < 1.29 is 18.8 Å². The zero-order valence-corrected chi connectivity index (χ0v) is 16.6. The number of anilines is 1. The second kappa shape index (κ2) is 8.53. The zero-order valence-electron chi connectivity index (χ0n) is 15.0. The zero-order chi connectivity index (χ0) is 20.3. The van der Waals surface area contributed by atoms with Gasteiger partial charge in [0.15, 0.2) is 0 Å². The maximum Gasteiger partial charge on any atom is 0.349 e. The van der Waals surface area contributed by atoms with Crippen molar-refractivity contribution in [3.63, 3.8) is 0 Å². The predicted octanol–water partition coefficient (Wildman–Crippen LogP) is 2.67. The van der Waals surface area contributed by atoms with E-state index in [4.69, 9.17) is 16.0 Å². The lowest BCUT2D eigenvalue weighted by Gasteiger charge is -2.24. The Kier molecular flexibility index (Phi) is 6.10. The molecule has 3 rings (SSSR count). The van der Waals surface area contributed by atoms with Gasteiger partial charge in [-0.1, -0.05) is 23.4 Å². The molecule has 1 unspecified atom stereocenters. The molecule has 11 heteroatoms. The summed E-state index contributed by atoms with van der Waals surface area (Å²) in [5.41, 5.74) is 1.04. The fourth-order valence-corrected chi connectivity index (χ4v) is 3.16. The molecule has 2 heterocycles. The van der Waals surface area contributed by atoms with E-state index in [0.29, 0.717) is 16.4 Å². The van der Waals surface area contributed by atoms with Crippen LogP contribution < -0.4 is 5.32 Å². The number of halogens is 1. The Morgan fingerprint density at radius 2 is 2.00 bits per heavy atom. The van der Waals surface area contributed by atoms with Crippen LogP contribution >= 0.6 is 23.4 Å². The number of aliphatic imine (C=N–C) groups is 1. The summed E-state index contributed by atoms with van der Waals surface area (Å²) < 4.78 is 5.49. The Balaban J connectivity index is 1.55. The molecule has 0 spiro atoms. The molecule has 28 heavy (non-hydrogen) atoms. The molecule has 0 saturated carbocycles. The van der Waals surface area contributed by atoms with Crippen molar-refractivity contribution in [3.05, 3.63) is 35.2 Å². The number of hydrogen-bond acceptors (Lipinski definition) is 7. The smallest absolute Gasteiger partial charge is 0.349 e. The molecule has 1 aliphatic rings. The molecule has 4 amide bonds. The van der Waals surface area contributed by atoms with Gasteiger partial charge < -0.3 is 9.73 Å². The lowest BCUT2D eigenvalue weighted by atomic mass is 9.97. The summed E-state index contributed by atoms with van der Waals surface area (Å²) >= 11 is 6.88. The first-order valence-electron chi connectivity index (χ1n) is 8.21. The van der Waals surface area contributed by atoms with Crippen LogP contribution in [0.3, 0.4) is 0 Å². The number of nitrogens with zero attached hydrogens (tertiary/aromatic N) is 4. The predicted molar refractivity (Wildman–Crippen MR) is 104 cm³/mol. The minimum absolute atomic E-state index is 0.0738. The lowest BCUT2D eigenvalue weighted by molar-refractivity contribution is -0.129. The number of benzene rings is 1. The van der Waals surface area contributed by atoms with Crippen molar-refractivity contribution in [2.24, 2.45) is 10.9 Å². The Hall–Kier alpha value is -2.72. The van der Waals surface area contributed by atoms with E-state index in [9.17, 15) is 14.4 Å². The fraction of sp³-hybridized carbons (Fsp3) is 0.294. The van der Waals surface area contributed by atoms with Gasteiger partial charge in [-0.3, -0.25) is 14.5 Å². The molecule has 0 aliphatic carbocycles. The van der Waals surface area contributed by atoms with E-state index in [2.05, 4.69) is 20.5 Å². The summed E-state index contributed by atoms with van der Waals surface area (Å²) in [6.07, 6.45) is 0.135. The molecule has 9 nitrogen and oxygen atoms in total. The topological polar surface area (TPSA) is 118 Å². The highest BCUT2D eigenvalue weighted by Crippen LogP contribution is 2.21. The van der Waals surface area contributed by atoms with Crippen LogP contribution in [-0.2, 0) is 16.0 Å².